The summed E-state index contributed by atoms with van der Waals surface area (Å²) in [5, 5.41) is 6.05. The van der Waals surface area contributed by atoms with Crippen molar-refractivity contribution < 1.29 is 32.6 Å². The molecule has 3 heterocycles. The number of hydrogen-bond donors (Lipinski definition) is 2. The fourth-order valence-electron chi connectivity index (χ4n) is 4.99. The van der Waals surface area contributed by atoms with Gasteiger partial charge < -0.3 is 34.8 Å². The molecule has 0 atom stereocenters. The summed E-state index contributed by atoms with van der Waals surface area (Å²) in [6.45, 7) is 5.53. The van der Waals surface area contributed by atoms with E-state index in [2.05, 4.69) is 20.6 Å². The number of nitrogens with zero attached hydrogens (tertiary/aromatic N) is 5. The summed E-state index contributed by atoms with van der Waals surface area (Å²) in [6, 6.07) is 4.70. The number of amides is 3. The lowest BCUT2D eigenvalue weighted by Crippen LogP contribution is -2.47. The first-order valence-corrected chi connectivity index (χ1v) is 14.2. The number of carbonyl (C=O) groups is 3. The molecule has 2 aromatic rings. The summed E-state index contributed by atoms with van der Waals surface area (Å²) in [5.41, 5.74) is 0.848. The highest BCUT2D eigenvalue weighted by Gasteiger charge is 2.48. The second-order valence-corrected chi connectivity index (χ2v) is 11.8. The van der Waals surface area contributed by atoms with E-state index in [0.29, 0.717) is 48.6 Å². The number of halogens is 2. The molecule has 0 unspecified atom stereocenters. The monoisotopic (exact) mass is 611 g/mol. The Bertz CT molecular complexity index is 1530. The van der Waals surface area contributed by atoms with Gasteiger partial charge >= 0.3 is 12.0 Å². The number of allylic oxidation sites excluding steroid dienone is 3. The summed E-state index contributed by atoms with van der Waals surface area (Å²) in [5.74, 6) is -4.73. The summed E-state index contributed by atoms with van der Waals surface area (Å²) < 4.78 is 40.4. The Labute approximate surface area is 253 Å². The van der Waals surface area contributed by atoms with Crippen LogP contribution in [0.25, 0.3) is 0 Å². The molecule has 1 aliphatic carbocycles. The highest BCUT2D eigenvalue weighted by Crippen LogP contribution is 2.39. The lowest BCUT2D eigenvalue weighted by molar-refractivity contribution is -0.140. The third-order valence-corrected chi connectivity index (χ3v) is 7.38. The Morgan fingerprint density at radius 1 is 1.16 bits per heavy atom. The topological polar surface area (TPSA) is 129 Å². The van der Waals surface area contributed by atoms with E-state index in [9.17, 15) is 23.2 Å². The number of benzene rings is 1. The molecule has 3 amide bonds. The number of alkyl halides is 2. The van der Waals surface area contributed by atoms with Crippen molar-refractivity contribution in [3.8, 4) is 5.75 Å². The van der Waals surface area contributed by atoms with E-state index >= 15 is 0 Å². The van der Waals surface area contributed by atoms with Crippen molar-refractivity contribution in [2.24, 2.45) is 0 Å². The van der Waals surface area contributed by atoms with Gasteiger partial charge in [-0.1, -0.05) is 6.08 Å². The number of rotatable bonds is 6. The Morgan fingerprint density at radius 2 is 1.86 bits per heavy atom. The molecule has 0 saturated carbocycles. The number of aromatic nitrogens is 2. The molecule has 3 aliphatic rings. The van der Waals surface area contributed by atoms with Crippen molar-refractivity contribution in [2.75, 3.05) is 48.9 Å². The van der Waals surface area contributed by atoms with Crippen molar-refractivity contribution in [1.29, 1.82) is 0 Å². The first-order chi connectivity index (χ1) is 20.8. The third kappa shape index (κ3) is 6.43. The normalized spacial score (nSPS) is 18.1. The minimum absolute atomic E-state index is 0.0796. The number of fused-ring (bicyclic) bond motifs is 1. The quantitative estimate of drug-likeness (QED) is 0.493. The van der Waals surface area contributed by atoms with Gasteiger partial charge in [-0.15, -0.1) is 0 Å². The molecule has 44 heavy (non-hydrogen) atoms. The second kappa shape index (κ2) is 11.7. The van der Waals surface area contributed by atoms with Crippen LogP contribution in [0.15, 0.2) is 48.3 Å². The fourth-order valence-corrected chi connectivity index (χ4v) is 4.99. The number of nitrogens with one attached hydrogen (secondary N) is 2. The number of carbonyl (C=O) groups excluding carboxylic acids is 3. The first kappa shape index (κ1) is 30.7. The molecule has 2 aliphatic heterocycles. The lowest BCUT2D eigenvalue weighted by Gasteiger charge is -2.33. The fraction of sp³-hybridized carbons (Fsp3) is 0.433. The third-order valence-electron chi connectivity index (χ3n) is 7.38. The summed E-state index contributed by atoms with van der Waals surface area (Å²) in [6.07, 6.45) is 7.14. The second-order valence-electron chi connectivity index (χ2n) is 11.8. The van der Waals surface area contributed by atoms with Gasteiger partial charge in [-0.3, -0.25) is 9.59 Å². The van der Waals surface area contributed by atoms with Crippen LogP contribution in [0.3, 0.4) is 0 Å². The molecule has 14 heteroatoms. The van der Waals surface area contributed by atoms with Crippen molar-refractivity contribution in [2.45, 2.75) is 51.2 Å². The van der Waals surface area contributed by atoms with Crippen LogP contribution >= 0.6 is 0 Å². The van der Waals surface area contributed by atoms with E-state index in [0.717, 1.165) is 4.90 Å². The van der Waals surface area contributed by atoms with Gasteiger partial charge in [0.1, 0.15) is 17.0 Å². The van der Waals surface area contributed by atoms with Crippen LogP contribution in [-0.2, 0) is 9.53 Å². The number of methoxy groups -OCH3 is 1. The van der Waals surface area contributed by atoms with Gasteiger partial charge in [-0.05, 0) is 64.0 Å². The molecule has 12 nitrogen and oxygen atoms in total. The van der Waals surface area contributed by atoms with E-state index in [-0.39, 0.29) is 35.5 Å². The van der Waals surface area contributed by atoms with Crippen LogP contribution in [0.2, 0.25) is 0 Å². The molecule has 1 saturated heterocycles. The predicted molar refractivity (Wildman–Crippen MR) is 160 cm³/mol. The molecule has 0 bridgehead atoms. The summed E-state index contributed by atoms with van der Waals surface area (Å²) >= 11 is 0. The predicted octanol–water partition coefficient (Wildman–Crippen LogP) is 4.23. The molecule has 234 valence electrons. The number of piperidine rings is 1. The van der Waals surface area contributed by atoms with E-state index in [1.54, 1.807) is 41.3 Å². The van der Waals surface area contributed by atoms with E-state index in [1.807, 2.05) is 20.8 Å². The molecule has 2 N–H and O–H groups in total. The average Bonchev–Trinajstić information content (AvgIpc) is 3.00. The van der Waals surface area contributed by atoms with E-state index in [1.165, 1.54) is 25.3 Å². The average molecular weight is 612 g/mol. The van der Waals surface area contributed by atoms with Crippen LogP contribution in [0, 0.1) is 0 Å². The minimum atomic E-state index is -3.64. The molecular weight excluding hydrogens is 576 g/mol. The van der Waals surface area contributed by atoms with Crippen LogP contribution in [-0.4, -0.2) is 84.1 Å². The van der Waals surface area contributed by atoms with Gasteiger partial charge in [0.15, 0.2) is 5.82 Å². The molecule has 0 radical (unpaired) electrons. The van der Waals surface area contributed by atoms with Crippen molar-refractivity contribution in [3.63, 3.8) is 0 Å². The van der Waals surface area contributed by atoms with Crippen molar-refractivity contribution in [3.05, 3.63) is 53.9 Å². The molecule has 5 rings (SSSR count). The first-order valence-electron chi connectivity index (χ1n) is 14.2. The minimum Gasteiger partial charge on any atom is -0.495 e. The van der Waals surface area contributed by atoms with Gasteiger partial charge in [-0.2, -0.15) is 13.8 Å². The van der Waals surface area contributed by atoms with Crippen LogP contribution in [0.5, 0.6) is 5.75 Å². The zero-order chi connectivity index (χ0) is 31.8. The van der Waals surface area contributed by atoms with Crippen LogP contribution in [0.1, 0.15) is 44.0 Å². The van der Waals surface area contributed by atoms with Gasteiger partial charge in [0.2, 0.25) is 5.95 Å². The maximum atomic E-state index is 14.7. The SMILES string of the molecule is COc1cc(C(=O)NC2CCN(C(=O)OC(C)(C)C)CC2)ccc1Nc1ncc2c(n1)N(C1=CC=C1)CC(F)(F)C(=O)N2C. The Hall–Kier alpha value is -4.75. The van der Waals surface area contributed by atoms with E-state index in [4.69, 9.17) is 9.47 Å². The molecule has 0 spiro atoms. The number of ether oxygens (including phenoxy) is 2. The maximum absolute atomic E-state index is 14.7. The number of anilines is 4. The smallest absolute Gasteiger partial charge is 0.410 e. The molecule has 1 aromatic carbocycles. The van der Waals surface area contributed by atoms with Gasteiger partial charge in [0.25, 0.3) is 11.8 Å². The Morgan fingerprint density at radius 3 is 2.48 bits per heavy atom. The van der Waals surface area contributed by atoms with Gasteiger partial charge in [0, 0.05) is 37.4 Å². The number of hydrogen-bond acceptors (Lipinski definition) is 9. The summed E-state index contributed by atoms with van der Waals surface area (Å²) in [7, 11) is 2.71. The Balaban J connectivity index is 1.28. The molecular formula is C30H35F2N7O5. The largest absolute Gasteiger partial charge is 0.495 e. The van der Waals surface area contributed by atoms with Crippen LogP contribution in [0.4, 0.5) is 36.7 Å². The highest BCUT2D eigenvalue weighted by molar-refractivity contribution is 6.02. The standard InChI is InChI=1S/C30H35F2N7O5/c1-29(2,3)44-28(42)38-13-11-19(12-14-38)34-25(40)18-9-10-21(23(15-18)43-5)35-27-33-16-22-24(36-27)39(20-7-6-8-20)17-30(31,32)26(41)37(22)4/h6-10,15-16,19H,11-14,17H2,1-5H3,(H,34,40)(H,33,35,36). The lowest BCUT2D eigenvalue weighted by atomic mass is 10.0. The molecule has 1 aromatic heterocycles. The molecule has 1 fully saturated rings. The van der Waals surface area contributed by atoms with Crippen LogP contribution < -0.4 is 25.2 Å². The van der Waals surface area contributed by atoms with Gasteiger partial charge in [0.05, 0.1) is 25.5 Å². The van der Waals surface area contributed by atoms with E-state index < -0.39 is 24.0 Å². The highest BCUT2D eigenvalue weighted by atomic mass is 19.3. The summed E-state index contributed by atoms with van der Waals surface area (Å²) in [4.78, 5) is 50.3. The van der Waals surface area contributed by atoms with Crippen molar-refractivity contribution in [1.82, 2.24) is 20.2 Å². The Kier molecular flexibility index (Phi) is 8.19. The zero-order valence-electron chi connectivity index (χ0n) is 25.2. The van der Waals surface area contributed by atoms with Crippen molar-refractivity contribution >= 4 is 41.0 Å². The van der Waals surface area contributed by atoms with Gasteiger partial charge in [-0.25, -0.2) is 9.78 Å². The number of likely N-dealkylation sites (tertiary alicyclic amines) is 1. The maximum Gasteiger partial charge on any atom is 0.410 e. The zero-order valence-corrected chi connectivity index (χ0v) is 25.2.